The van der Waals surface area contributed by atoms with Gasteiger partial charge in [-0.1, -0.05) is 116 Å². The van der Waals surface area contributed by atoms with E-state index in [2.05, 4.69) is 111 Å². The molecule has 0 fully saturated rings. The van der Waals surface area contributed by atoms with Gasteiger partial charge in [0.1, 0.15) is 33.5 Å². The molecule has 3 nitrogen and oxygen atoms in total. The van der Waals surface area contributed by atoms with Crippen molar-refractivity contribution in [2.45, 2.75) is 27.7 Å². The first-order chi connectivity index (χ1) is 24.1. The van der Waals surface area contributed by atoms with E-state index < -0.39 is 0 Å². The second-order valence-corrected chi connectivity index (χ2v) is 12.3. The highest BCUT2D eigenvalue weighted by Crippen LogP contribution is 2.41. The maximum Gasteiger partial charge on any atom is 0.143 e. The maximum absolute atomic E-state index is 6.37. The van der Waals surface area contributed by atoms with Crippen LogP contribution in [0.25, 0.3) is 88.1 Å². The van der Waals surface area contributed by atoms with Crippen LogP contribution in [0.5, 0.6) is 0 Å². The maximum atomic E-state index is 6.37. The fourth-order valence-corrected chi connectivity index (χ4v) is 6.77. The van der Waals surface area contributed by atoms with Gasteiger partial charge >= 0.3 is 0 Å². The van der Waals surface area contributed by atoms with E-state index in [-0.39, 0.29) is 0 Å². The highest BCUT2D eigenvalue weighted by atomic mass is 16.3. The van der Waals surface area contributed by atoms with Crippen molar-refractivity contribution in [1.82, 2.24) is 0 Å². The molecule has 0 aliphatic rings. The number of hydrogen-bond donors (Lipinski definition) is 0. The smallest absolute Gasteiger partial charge is 0.143 e. The molecule has 0 bridgehead atoms. The number of furan rings is 3. The number of benzene rings is 7. The van der Waals surface area contributed by atoms with Gasteiger partial charge in [-0.3, -0.25) is 0 Å². The Morgan fingerprint density at radius 3 is 1.49 bits per heavy atom. The van der Waals surface area contributed by atoms with Crippen molar-refractivity contribution in [2.75, 3.05) is 0 Å². The number of para-hydroxylation sites is 3. The minimum Gasteiger partial charge on any atom is -0.456 e. The number of hydrogen-bond acceptors (Lipinski definition) is 3. The van der Waals surface area contributed by atoms with Crippen LogP contribution in [0, 0.1) is 13.8 Å². The molecule has 3 aromatic heterocycles. The molecule has 0 aliphatic heterocycles. The van der Waals surface area contributed by atoms with Crippen molar-refractivity contribution in [3.05, 3.63) is 157 Å². The van der Waals surface area contributed by atoms with Crippen LogP contribution in [0.3, 0.4) is 0 Å². The van der Waals surface area contributed by atoms with Crippen molar-refractivity contribution in [2.24, 2.45) is 0 Å². The van der Waals surface area contributed by atoms with Crippen LogP contribution < -0.4 is 0 Å². The second-order valence-electron chi connectivity index (χ2n) is 12.3. The third-order valence-electron chi connectivity index (χ3n) is 9.05. The first-order valence-electron chi connectivity index (χ1n) is 16.9. The van der Waals surface area contributed by atoms with Gasteiger partial charge in [0.15, 0.2) is 0 Å². The zero-order valence-electron chi connectivity index (χ0n) is 28.1. The lowest BCUT2D eigenvalue weighted by atomic mass is 9.94. The van der Waals surface area contributed by atoms with Crippen LogP contribution in [0.2, 0.25) is 0 Å². The molecule has 0 radical (unpaired) electrons. The molecule has 7 aromatic carbocycles. The third kappa shape index (κ3) is 5.44. The number of rotatable bonds is 2. The molecule has 3 heterocycles. The Labute approximate surface area is 285 Å². The summed E-state index contributed by atoms with van der Waals surface area (Å²) < 4.78 is 18.1. The van der Waals surface area contributed by atoms with E-state index in [0.29, 0.717) is 0 Å². The molecule has 0 spiro atoms. The summed E-state index contributed by atoms with van der Waals surface area (Å²) >= 11 is 0. The molecular formula is C46H36O3. The molecule has 49 heavy (non-hydrogen) atoms. The molecular weight excluding hydrogens is 601 g/mol. The molecule has 0 unspecified atom stereocenters. The first kappa shape index (κ1) is 30.3. The lowest BCUT2D eigenvalue weighted by molar-refractivity contribution is 0.668. The van der Waals surface area contributed by atoms with E-state index >= 15 is 0 Å². The first-order valence-corrected chi connectivity index (χ1v) is 16.9. The summed E-state index contributed by atoms with van der Waals surface area (Å²) in [4.78, 5) is 0. The van der Waals surface area contributed by atoms with Crippen molar-refractivity contribution in [3.8, 4) is 22.3 Å². The standard InChI is InChI=1S/C31H20O2.C13H10O.C2H6/c1-19-7-6-8-21(15-19)25-17-22(18-27-24-10-3-5-12-29(24)33-31(25)27)20-13-14-30-26(16-20)23-9-2-4-11-28(23)32-30;1-9-6-7-13-11(8-9)10-4-2-3-5-12(10)14-13;1-2/h2-18H,1H3;2-8H,1H3;1-2H3. The van der Waals surface area contributed by atoms with E-state index in [1.165, 1.54) is 21.9 Å². The predicted octanol–water partition coefficient (Wildman–Crippen LogP) is 14.0. The zero-order valence-corrected chi connectivity index (χ0v) is 28.1. The topological polar surface area (TPSA) is 39.4 Å². The second kappa shape index (κ2) is 12.5. The number of aryl methyl sites for hydroxylation is 2. The molecule has 0 saturated carbocycles. The van der Waals surface area contributed by atoms with Gasteiger partial charge in [0.25, 0.3) is 0 Å². The predicted molar refractivity (Wildman–Crippen MR) is 206 cm³/mol. The fraction of sp³-hybridized carbons (Fsp3) is 0.0870. The Morgan fingerprint density at radius 1 is 0.327 bits per heavy atom. The van der Waals surface area contributed by atoms with Crippen LogP contribution in [-0.2, 0) is 0 Å². The van der Waals surface area contributed by atoms with Crippen molar-refractivity contribution >= 4 is 65.8 Å². The van der Waals surface area contributed by atoms with Gasteiger partial charge in [-0.05, 0) is 85.1 Å². The Bertz CT molecular complexity index is 2770. The van der Waals surface area contributed by atoms with Crippen molar-refractivity contribution < 1.29 is 13.3 Å². The summed E-state index contributed by atoms with van der Waals surface area (Å²) in [5.74, 6) is 0. The van der Waals surface area contributed by atoms with Crippen LogP contribution >= 0.6 is 0 Å². The van der Waals surface area contributed by atoms with E-state index in [0.717, 1.165) is 77.3 Å². The largest absolute Gasteiger partial charge is 0.456 e. The minimum absolute atomic E-state index is 0.911. The van der Waals surface area contributed by atoms with E-state index in [1.807, 2.05) is 62.4 Å². The molecule has 3 heteroatoms. The molecule has 0 saturated heterocycles. The average Bonchev–Trinajstić information content (AvgIpc) is 3.83. The van der Waals surface area contributed by atoms with E-state index in [9.17, 15) is 0 Å². The van der Waals surface area contributed by atoms with E-state index in [4.69, 9.17) is 13.3 Å². The summed E-state index contributed by atoms with van der Waals surface area (Å²) in [7, 11) is 0. The van der Waals surface area contributed by atoms with Gasteiger partial charge in [0.05, 0.1) is 0 Å². The van der Waals surface area contributed by atoms with Gasteiger partial charge in [-0.25, -0.2) is 0 Å². The van der Waals surface area contributed by atoms with Crippen LogP contribution in [0.4, 0.5) is 0 Å². The lowest BCUT2D eigenvalue weighted by Crippen LogP contribution is -1.85. The molecule has 0 N–H and O–H groups in total. The third-order valence-corrected chi connectivity index (χ3v) is 9.05. The van der Waals surface area contributed by atoms with Crippen molar-refractivity contribution in [3.63, 3.8) is 0 Å². The molecule has 0 atom stereocenters. The zero-order chi connectivity index (χ0) is 33.5. The lowest BCUT2D eigenvalue weighted by Gasteiger charge is -2.09. The molecule has 0 aliphatic carbocycles. The normalized spacial score (nSPS) is 11.3. The Kier molecular flexibility index (Phi) is 7.74. The van der Waals surface area contributed by atoms with Crippen LogP contribution in [-0.4, -0.2) is 0 Å². The van der Waals surface area contributed by atoms with E-state index in [1.54, 1.807) is 0 Å². The monoisotopic (exact) mass is 636 g/mol. The van der Waals surface area contributed by atoms with Crippen LogP contribution in [0.15, 0.2) is 159 Å². The van der Waals surface area contributed by atoms with Gasteiger partial charge < -0.3 is 13.3 Å². The highest BCUT2D eigenvalue weighted by molar-refractivity contribution is 6.12. The summed E-state index contributed by atoms with van der Waals surface area (Å²) in [6, 6.07) is 50.5. The fourth-order valence-electron chi connectivity index (χ4n) is 6.77. The Morgan fingerprint density at radius 2 is 0.837 bits per heavy atom. The minimum atomic E-state index is 0.911. The van der Waals surface area contributed by atoms with Crippen LogP contribution in [0.1, 0.15) is 25.0 Å². The Hall–Kier alpha value is -6.06. The Balaban J connectivity index is 0.000000181. The van der Waals surface area contributed by atoms with Gasteiger partial charge in [-0.2, -0.15) is 0 Å². The van der Waals surface area contributed by atoms with Gasteiger partial charge in [-0.15, -0.1) is 0 Å². The van der Waals surface area contributed by atoms with Gasteiger partial charge in [0, 0.05) is 37.9 Å². The quantitative estimate of drug-likeness (QED) is 0.190. The SMILES string of the molecule is CC.Cc1ccc2oc3ccccc3c2c1.Cc1cccc(-c2cc(-c3ccc4oc5ccccc5c4c3)cc3c2oc2ccccc23)c1. The summed E-state index contributed by atoms with van der Waals surface area (Å²) in [6.45, 7) is 8.22. The summed E-state index contributed by atoms with van der Waals surface area (Å²) in [5, 5.41) is 6.96. The molecule has 10 rings (SSSR count). The molecule has 238 valence electrons. The highest BCUT2D eigenvalue weighted by Gasteiger charge is 2.16. The molecule has 10 aromatic rings. The van der Waals surface area contributed by atoms with Gasteiger partial charge in [0.2, 0.25) is 0 Å². The summed E-state index contributed by atoms with van der Waals surface area (Å²) in [5.41, 5.74) is 12.7. The molecule has 0 amide bonds. The van der Waals surface area contributed by atoms with Crippen molar-refractivity contribution in [1.29, 1.82) is 0 Å². The number of fused-ring (bicyclic) bond motifs is 9. The summed E-state index contributed by atoms with van der Waals surface area (Å²) in [6.07, 6.45) is 0. The average molecular weight is 637 g/mol.